The SMILES string of the molecule is CCC(C(=O)O)C1(c2ccc(Cl)c(N(Cc3ccccc3)Cc3ccccc3)c2)CC(=O)C1. The van der Waals surface area contributed by atoms with Crippen molar-refractivity contribution in [2.45, 2.75) is 44.7 Å². The lowest BCUT2D eigenvalue weighted by molar-refractivity contribution is -0.149. The van der Waals surface area contributed by atoms with E-state index in [9.17, 15) is 14.7 Å². The Hall–Kier alpha value is -3.11. The lowest BCUT2D eigenvalue weighted by Crippen LogP contribution is -2.50. The minimum atomic E-state index is -0.855. The third kappa shape index (κ3) is 4.81. The van der Waals surface area contributed by atoms with Crippen LogP contribution in [0.4, 0.5) is 5.69 Å². The highest BCUT2D eigenvalue weighted by Gasteiger charge is 2.52. The first-order valence-electron chi connectivity index (χ1n) is 11.3. The smallest absolute Gasteiger partial charge is 0.307 e. The first-order valence-corrected chi connectivity index (χ1v) is 11.7. The number of carboxylic acids is 1. The van der Waals surface area contributed by atoms with Crippen LogP contribution in [0.1, 0.15) is 42.9 Å². The Morgan fingerprint density at radius 1 is 0.970 bits per heavy atom. The third-order valence-electron chi connectivity index (χ3n) is 6.69. The van der Waals surface area contributed by atoms with Crippen LogP contribution in [0.3, 0.4) is 0 Å². The van der Waals surface area contributed by atoms with Crippen molar-refractivity contribution in [2.24, 2.45) is 5.92 Å². The van der Waals surface area contributed by atoms with Crippen LogP contribution in [0.25, 0.3) is 0 Å². The van der Waals surface area contributed by atoms with Gasteiger partial charge in [-0.1, -0.05) is 85.3 Å². The molecule has 4 nitrogen and oxygen atoms in total. The molecule has 4 rings (SSSR count). The van der Waals surface area contributed by atoms with E-state index in [0.717, 1.165) is 22.4 Å². The van der Waals surface area contributed by atoms with Crippen molar-refractivity contribution in [2.75, 3.05) is 4.90 Å². The summed E-state index contributed by atoms with van der Waals surface area (Å²) in [4.78, 5) is 26.4. The average Bonchev–Trinajstić information content (AvgIpc) is 2.79. The maximum absolute atomic E-state index is 12.1. The summed E-state index contributed by atoms with van der Waals surface area (Å²) in [7, 11) is 0. The predicted molar refractivity (Wildman–Crippen MR) is 132 cm³/mol. The van der Waals surface area contributed by atoms with Gasteiger partial charge in [-0.2, -0.15) is 0 Å². The van der Waals surface area contributed by atoms with Gasteiger partial charge in [0.2, 0.25) is 0 Å². The van der Waals surface area contributed by atoms with E-state index in [1.54, 1.807) is 0 Å². The van der Waals surface area contributed by atoms with Gasteiger partial charge in [0, 0.05) is 31.3 Å². The predicted octanol–water partition coefficient (Wildman–Crippen LogP) is 6.26. The number of benzene rings is 3. The van der Waals surface area contributed by atoms with Gasteiger partial charge < -0.3 is 10.0 Å². The summed E-state index contributed by atoms with van der Waals surface area (Å²) in [5.74, 6) is -1.36. The highest BCUT2D eigenvalue weighted by Crippen LogP contribution is 2.50. The molecule has 0 radical (unpaired) electrons. The van der Waals surface area contributed by atoms with Gasteiger partial charge in [-0.25, -0.2) is 0 Å². The fraction of sp³-hybridized carbons (Fsp3) is 0.286. The summed E-state index contributed by atoms with van der Waals surface area (Å²) < 4.78 is 0. The third-order valence-corrected chi connectivity index (χ3v) is 7.01. The van der Waals surface area contributed by atoms with Crippen molar-refractivity contribution < 1.29 is 14.7 Å². The molecule has 3 aromatic carbocycles. The minimum Gasteiger partial charge on any atom is -0.481 e. The Kier molecular flexibility index (Phi) is 6.85. The Balaban J connectivity index is 1.76. The molecule has 0 spiro atoms. The molecular formula is C28H28ClNO3. The number of Topliss-reactive ketones (excluding diaryl/α,β-unsaturated/α-hetero) is 1. The van der Waals surface area contributed by atoms with Crippen LogP contribution in [0, 0.1) is 5.92 Å². The van der Waals surface area contributed by atoms with Crippen LogP contribution in [0.15, 0.2) is 78.9 Å². The molecule has 3 aromatic rings. The number of carbonyl (C=O) groups excluding carboxylic acids is 1. The van der Waals surface area contributed by atoms with Crippen LogP contribution in [-0.4, -0.2) is 16.9 Å². The maximum atomic E-state index is 12.1. The van der Waals surface area contributed by atoms with Crippen molar-refractivity contribution in [1.29, 1.82) is 0 Å². The normalized spacial score (nSPS) is 15.5. The minimum absolute atomic E-state index is 0.108. The topological polar surface area (TPSA) is 57.6 Å². The van der Waals surface area contributed by atoms with E-state index in [-0.39, 0.29) is 18.6 Å². The highest BCUT2D eigenvalue weighted by atomic mass is 35.5. The Morgan fingerprint density at radius 2 is 1.52 bits per heavy atom. The van der Waals surface area contributed by atoms with E-state index < -0.39 is 17.3 Å². The second kappa shape index (κ2) is 9.80. The zero-order valence-electron chi connectivity index (χ0n) is 18.7. The average molecular weight is 462 g/mol. The molecule has 1 atom stereocenters. The van der Waals surface area contributed by atoms with Crippen molar-refractivity contribution in [3.63, 3.8) is 0 Å². The molecule has 0 aliphatic heterocycles. The van der Waals surface area contributed by atoms with Gasteiger partial charge in [-0.15, -0.1) is 0 Å². The number of hydrogen-bond donors (Lipinski definition) is 1. The molecule has 0 heterocycles. The van der Waals surface area contributed by atoms with Crippen molar-refractivity contribution in [3.8, 4) is 0 Å². The summed E-state index contributed by atoms with van der Waals surface area (Å²) in [6.07, 6.45) is 0.991. The van der Waals surface area contributed by atoms with E-state index in [2.05, 4.69) is 29.2 Å². The Bertz CT molecular complexity index is 1080. The molecule has 1 unspecified atom stereocenters. The molecule has 5 heteroatoms. The molecule has 170 valence electrons. The standard InChI is InChI=1S/C28H28ClNO3/c1-2-24(27(32)33)28(16-23(31)17-28)22-13-14-25(29)26(15-22)30(18-20-9-5-3-6-10-20)19-21-11-7-4-8-12-21/h3-15,24H,2,16-19H2,1H3,(H,32,33). The second-order valence-electron chi connectivity index (χ2n) is 8.84. The van der Waals surface area contributed by atoms with Gasteiger partial charge in [-0.05, 0) is 35.2 Å². The molecule has 33 heavy (non-hydrogen) atoms. The summed E-state index contributed by atoms with van der Waals surface area (Å²) in [5, 5.41) is 10.5. The largest absolute Gasteiger partial charge is 0.481 e. The monoisotopic (exact) mass is 461 g/mol. The van der Waals surface area contributed by atoms with Gasteiger partial charge in [0.05, 0.1) is 16.6 Å². The number of rotatable bonds is 9. The fourth-order valence-electron chi connectivity index (χ4n) is 5.00. The highest BCUT2D eigenvalue weighted by molar-refractivity contribution is 6.33. The van der Waals surface area contributed by atoms with Crippen LogP contribution in [0.5, 0.6) is 0 Å². The van der Waals surface area contributed by atoms with Crippen LogP contribution >= 0.6 is 11.6 Å². The number of nitrogens with zero attached hydrogens (tertiary/aromatic N) is 1. The number of carboxylic acid groups (broad SMARTS) is 1. The number of aliphatic carboxylic acids is 1. The van der Waals surface area contributed by atoms with E-state index in [1.165, 1.54) is 0 Å². The van der Waals surface area contributed by atoms with E-state index in [1.807, 2.05) is 61.5 Å². The number of hydrogen-bond acceptors (Lipinski definition) is 3. The van der Waals surface area contributed by atoms with E-state index in [0.29, 0.717) is 24.5 Å². The van der Waals surface area contributed by atoms with Gasteiger partial charge >= 0.3 is 5.97 Å². The first kappa shape index (κ1) is 23.1. The molecule has 0 aromatic heterocycles. The zero-order valence-corrected chi connectivity index (χ0v) is 19.5. The molecule has 0 bridgehead atoms. The molecular weight excluding hydrogens is 434 g/mol. The molecule has 1 saturated carbocycles. The Labute approximate surface area is 199 Å². The van der Waals surface area contributed by atoms with Crippen LogP contribution in [0.2, 0.25) is 5.02 Å². The summed E-state index contributed by atoms with van der Waals surface area (Å²) in [5.41, 5.74) is 3.35. The number of carbonyl (C=O) groups is 2. The van der Waals surface area contributed by atoms with E-state index in [4.69, 9.17) is 11.6 Å². The quantitative estimate of drug-likeness (QED) is 0.408. The molecule has 1 aliphatic carbocycles. The summed E-state index contributed by atoms with van der Waals surface area (Å²) in [6, 6.07) is 26.1. The van der Waals surface area contributed by atoms with Gasteiger partial charge in [0.1, 0.15) is 5.78 Å². The Morgan fingerprint density at radius 3 is 1.97 bits per heavy atom. The molecule has 0 saturated heterocycles. The number of anilines is 1. The molecule has 1 N–H and O–H groups in total. The summed E-state index contributed by atoms with van der Waals surface area (Å²) >= 11 is 6.71. The van der Waals surface area contributed by atoms with Crippen molar-refractivity contribution in [1.82, 2.24) is 0 Å². The molecule has 1 aliphatic rings. The van der Waals surface area contributed by atoms with Gasteiger partial charge in [0.15, 0.2) is 0 Å². The lowest BCUT2D eigenvalue weighted by Gasteiger charge is -2.45. The number of ketones is 1. The van der Waals surface area contributed by atoms with Crippen molar-refractivity contribution >= 4 is 29.0 Å². The fourth-order valence-corrected chi connectivity index (χ4v) is 5.24. The van der Waals surface area contributed by atoms with Gasteiger partial charge in [-0.3, -0.25) is 9.59 Å². The first-order chi connectivity index (χ1) is 15.9. The number of halogens is 1. The van der Waals surface area contributed by atoms with Crippen molar-refractivity contribution in [3.05, 3.63) is 101 Å². The maximum Gasteiger partial charge on any atom is 0.307 e. The van der Waals surface area contributed by atoms with Crippen LogP contribution in [-0.2, 0) is 28.1 Å². The summed E-state index contributed by atoms with van der Waals surface area (Å²) in [6.45, 7) is 3.18. The molecule has 1 fully saturated rings. The lowest BCUT2D eigenvalue weighted by atomic mass is 9.56. The zero-order chi connectivity index (χ0) is 23.4. The van der Waals surface area contributed by atoms with E-state index >= 15 is 0 Å². The van der Waals surface area contributed by atoms with Crippen LogP contribution < -0.4 is 4.90 Å². The van der Waals surface area contributed by atoms with Gasteiger partial charge in [0.25, 0.3) is 0 Å². The second-order valence-corrected chi connectivity index (χ2v) is 9.25. The molecule has 0 amide bonds.